The largest absolute Gasteiger partial charge is 0.507 e. The minimum absolute atomic E-state index is 0.0102. The van der Waals surface area contributed by atoms with Crippen molar-refractivity contribution < 1.29 is 55.3 Å². The Balaban J connectivity index is 1.09. The molecule has 8 N–H and O–H groups in total. The van der Waals surface area contributed by atoms with E-state index in [2.05, 4.69) is 21.3 Å². The molecule has 0 saturated heterocycles. The van der Waals surface area contributed by atoms with Crippen LogP contribution >= 0.6 is 0 Å². The van der Waals surface area contributed by atoms with Gasteiger partial charge in [0.1, 0.15) is 21.3 Å². The van der Waals surface area contributed by atoms with Crippen molar-refractivity contribution in [2.75, 3.05) is 21.3 Å². The third-order valence-electron chi connectivity index (χ3n) is 8.03. The van der Waals surface area contributed by atoms with Crippen LogP contribution in [0.15, 0.2) is 119 Å². The van der Waals surface area contributed by atoms with Crippen LogP contribution in [0.5, 0.6) is 11.5 Å². The summed E-state index contributed by atoms with van der Waals surface area (Å²) < 4.78 is 67.2. The van der Waals surface area contributed by atoms with Gasteiger partial charge >= 0.3 is 11.8 Å². The minimum atomic E-state index is -4.72. The summed E-state index contributed by atoms with van der Waals surface area (Å²) in [7, 11) is -9.44. The number of carbonyl (C=O) groups is 4. The molecule has 0 aliphatic carbocycles. The van der Waals surface area contributed by atoms with Crippen molar-refractivity contribution in [3.05, 3.63) is 120 Å². The van der Waals surface area contributed by atoms with Gasteiger partial charge in [0.15, 0.2) is 0 Å². The van der Waals surface area contributed by atoms with Gasteiger partial charge in [0, 0.05) is 44.0 Å². The Bertz CT molecular complexity index is 2560. The van der Waals surface area contributed by atoms with Gasteiger partial charge in [-0.15, -0.1) is 0 Å². The van der Waals surface area contributed by atoms with E-state index in [1.807, 2.05) is 0 Å². The highest BCUT2D eigenvalue weighted by atomic mass is 32.2. The number of phenols is 2. The number of aromatic hydroxyl groups is 2. The zero-order valence-electron chi connectivity index (χ0n) is 27.3. The second-order valence-corrected chi connectivity index (χ2v) is 14.3. The van der Waals surface area contributed by atoms with Gasteiger partial charge in [-0.3, -0.25) is 28.3 Å². The van der Waals surface area contributed by atoms with Crippen molar-refractivity contribution in [3.63, 3.8) is 0 Å². The molecule has 0 heterocycles. The lowest BCUT2D eigenvalue weighted by atomic mass is 10.1. The van der Waals surface area contributed by atoms with Crippen molar-refractivity contribution in [3.8, 4) is 11.5 Å². The molecular formula is C36H26N4O12S2. The lowest BCUT2D eigenvalue weighted by Gasteiger charge is -2.13. The molecule has 274 valence electrons. The van der Waals surface area contributed by atoms with Crippen molar-refractivity contribution >= 4 is 88.2 Å². The van der Waals surface area contributed by atoms with Crippen molar-refractivity contribution in [1.29, 1.82) is 0 Å². The Morgan fingerprint density at radius 1 is 0.444 bits per heavy atom. The molecule has 0 bridgehead atoms. The van der Waals surface area contributed by atoms with Gasteiger partial charge in [0.25, 0.3) is 32.1 Å². The standard InChI is InChI=1S/C36H26N4O12S2/c41-27-17-15-25(31-23(27)3-1-5-29(31)53(47,48)49)39-33(43)19-7-11-21(12-8-19)37-35(45)36(46)38-22-13-9-20(10-14-22)34(44)40-26-16-18-28(42)24-4-2-6-30(32(24)26)54(50,51)52/h1-18,41-42H,(H,37,45)(H,38,46)(H,39,43)(H,40,44)(H,47,48,49)(H,50,51,52). The number of hydrogen-bond acceptors (Lipinski definition) is 10. The SMILES string of the molecule is O=C(Nc1ccc(C(=O)Nc2ccc(O)c3cccc(S(=O)(=O)O)c23)cc1)C(=O)Nc1ccc(C(=O)Nc2ccc(O)c3cccc(S(=O)(=O)O)c23)cc1. The smallest absolute Gasteiger partial charge is 0.314 e. The number of fused-ring (bicyclic) bond motifs is 2. The molecule has 6 aromatic carbocycles. The van der Waals surface area contributed by atoms with E-state index in [1.165, 1.54) is 97.1 Å². The highest BCUT2D eigenvalue weighted by Gasteiger charge is 2.22. The summed E-state index contributed by atoms with van der Waals surface area (Å²) in [4.78, 5) is 50.2. The third kappa shape index (κ3) is 7.66. The Labute approximate surface area is 305 Å². The molecule has 0 aliphatic rings. The van der Waals surface area contributed by atoms with Crippen LogP contribution in [-0.4, -0.2) is 59.8 Å². The van der Waals surface area contributed by atoms with Crippen molar-refractivity contribution in [2.24, 2.45) is 0 Å². The number of nitrogens with one attached hydrogen (secondary N) is 4. The molecule has 6 rings (SSSR count). The number of hydrogen-bond donors (Lipinski definition) is 8. The summed E-state index contributed by atoms with van der Waals surface area (Å²) >= 11 is 0. The molecule has 6 aromatic rings. The highest BCUT2D eigenvalue weighted by Crippen LogP contribution is 2.37. The molecule has 16 nitrogen and oxygen atoms in total. The first-order valence-electron chi connectivity index (χ1n) is 15.4. The molecule has 0 aliphatic heterocycles. The fraction of sp³-hybridized carbons (Fsp3) is 0. The predicted molar refractivity (Wildman–Crippen MR) is 197 cm³/mol. The normalized spacial score (nSPS) is 11.5. The third-order valence-corrected chi connectivity index (χ3v) is 9.82. The van der Waals surface area contributed by atoms with Gasteiger partial charge in [-0.25, -0.2) is 0 Å². The van der Waals surface area contributed by atoms with Crippen LogP contribution in [0.2, 0.25) is 0 Å². The highest BCUT2D eigenvalue weighted by molar-refractivity contribution is 7.86. The monoisotopic (exact) mass is 770 g/mol. The zero-order valence-corrected chi connectivity index (χ0v) is 28.9. The van der Waals surface area contributed by atoms with Gasteiger partial charge in [0.2, 0.25) is 0 Å². The summed E-state index contributed by atoms with van der Waals surface area (Å²) in [5.74, 6) is -4.09. The van der Waals surface area contributed by atoms with E-state index in [4.69, 9.17) is 0 Å². The Morgan fingerprint density at radius 2 is 0.796 bits per heavy atom. The number of anilines is 4. The first-order valence-corrected chi connectivity index (χ1v) is 18.3. The molecule has 0 spiro atoms. The average Bonchev–Trinajstić information content (AvgIpc) is 3.13. The maximum absolute atomic E-state index is 13.0. The summed E-state index contributed by atoms with van der Waals surface area (Å²) in [6.07, 6.45) is 0. The van der Waals surface area contributed by atoms with Crippen molar-refractivity contribution in [2.45, 2.75) is 9.79 Å². The summed E-state index contributed by atoms with van der Waals surface area (Å²) in [5.41, 5.74) is 0.407. The molecule has 0 radical (unpaired) electrons. The van der Waals surface area contributed by atoms with Crippen LogP contribution in [0.1, 0.15) is 20.7 Å². The van der Waals surface area contributed by atoms with E-state index >= 15 is 0 Å². The number of amides is 4. The lowest BCUT2D eigenvalue weighted by Crippen LogP contribution is -2.29. The van der Waals surface area contributed by atoms with Gasteiger partial charge in [-0.1, -0.05) is 24.3 Å². The summed E-state index contributed by atoms with van der Waals surface area (Å²) in [6, 6.07) is 23.3. The quantitative estimate of drug-likeness (QED) is 0.0579. The Kier molecular flexibility index (Phi) is 9.76. The van der Waals surface area contributed by atoms with Gasteiger partial charge in [-0.05, 0) is 84.9 Å². The molecule has 0 fully saturated rings. The molecule has 0 unspecified atom stereocenters. The van der Waals surface area contributed by atoms with Crippen molar-refractivity contribution in [1.82, 2.24) is 0 Å². The topological polar surface area (TPSA) is 266 Å². The van der Waals surface area contributed by atoms with Gasteiger partial charge < -0.3 is 31.5 Å². The fourth-order valence-electron chi connectivity index (χ4n) is 5.53. The lowest BCUT2D eigenvalue weighted by molar-refractivity contribution is -0.132. The number of phenolic OH excluding ortho intramolecular Hbond substituents is 2. The molecule has 0 saturated carbocycles. The Morgan fingerprint density at radius 3 is 1.13 bits per heavy atom. The van der Waals surface area contributed by atoms with E-state index in [9.17, 15) is 55.3 Å². The molecule has 54 heavy (non-hydrogen) atoms. The summed E-state index contributed by atoms with van der Waals surface area (Å²) in [6.45, 7) is 0. The van der Waals surface area contributed by atoms with Crippen LogP contribution < -0.4 is 21.3 Å². The average molecular weight is 771 g/mol. The Hall–Kier alpha value is -6.86. The molecule has 18 heteroatoms. The molecule has 0 atom stereocenters. The number of rotatable bonds is 8. The first-order chi connectivity index (χ1) is 25.5. The molecule has 4 amide bonds. The molecular weight excluding hydrogens is 745 g/mol. The maximum atomic E-state index is 13.0. The number of benzene rings is 6. The first kappa shape index (κ1) is 36.9. The van der Waals surface area contributed by atoms with Crippen LogP contribution in [0.4, 0.5) is 22.7 Å². The molecule has 0 aromatic heterocycles. The minimum Gasteiger partial charge on any atom is -0.507 e. The van der Waals surface area contributed by atoms with Crippen LogP contribution in [-0.2, 0) is 29.8 Å². The van der Waals surface area contributed by atoms with E-state index < -0.39 is 53.7 Å². The van der Waals surface area contributed by atoms with Crippen LogP contribution in [0.3, 0.4) is 0 Å². The fourth-order valence-corrected chi connectivity index (χ4v) is 6.99. The zero-order chi connectivity index (χ0) is 38.9. The predicted octanol–water partition coefficient (Wildman–Crippen LogP) is 4.98. The number of carbonyl (C=O) groups excluding carboxylic acids is 4. The van der Waals surface area contributed by atoms with Crippen LogP contribution in [0, 0.1) is 0 Å². The van der Waals surface area contributed by atoms with Crippen LogP contribution in [0.25, 0.3) is 21.5 Å². The van der Waals surface area contributed by atoms with E-state index in [0.717, 1.165) is 12.1 Å². The second kappa shape index (κ2) is 14.3. The van der Waals surface area contributed by atoms with E-state index in [-0.39, 0.29) is 66.9 Å². The van der Waals surface area contributed by atoms with E-state index in [0.29, 0.717) is 0 Å². The summed E-state index contributed by atoms with van der Waals surface area (Å²) in [5, 5.41) is 30.2. The van der Waals surface area contributed by atoms with Gasteiger partial charge in [0.05, 0.1) is 11.4 Å². The van der Waals surface area contributed by atoms with Gasteiger partial charge in [-0.2, -0.15) is 16.8 Å². The maximum Gasteiger partial charge on any atom is 0.314 e. The second-order valence-electron chi connectivity index (χ2n) is 11.5. The van der Waals surface area contributed by atoms with E-state index in [1.54, 1.807) is 0 Å².